The van der Waals surface area contributed by atoms with Gasteiger partial charge in [-0.2, -0.15) is 4.31 Å². The summed E-state index contributed by atoms with van der Waals surface area (Å²) >= 11 is 3.30. The number of anilines is 1. The van der Waals surface area contributed by atoms with Gasteiger partial charge in [-0.05, 0) is 71.6 Å². The van der Waals surface area contributed by atoms with E-state index in [1.807, 2.05) is 13.8 Å². The lowest BCUT2D eigenvalue weighted by atomic mass is 9.96. The average Bonchev–Trinajstić information content (AvgIpc) is 3.48. The van der Waals surface area contributed by atoms with Crippen molar-refractivity contribution in [3.63, 3.8) is 0 Å². The van der Waals surface area contributed by atoms with Crippen LogP contribution < -0.4 is 10.6 Å². The first-order valence-electron chi connectivity index (χ1n) is 10.7. The van der Waals surface area contributed by atoms with Gasteiger partial charge in [0, 0.05) is 23.2 Å². The van der Waals surface area contributed by atoms with Crippen LogP contribution in [-0.4, -0.2) is 60.6 Å². The summed E-state index contributed by atoms with van der Waals surface area (Å²) in [5.41, 5.74) is -0.686. The maximum atomic E-state index is 13.2. The van der Waals surface area contributed by atoms with Crippen molar-refractivity contribution in [1.82, 2.24) is 14.5 Å². The highest BCUT2D eigenvalue weighted by atomic mass is 79.9. The Kier molecular flexibility index (Phi) is 5.87. The van der Waals surface area contributed by atoms with E-state index in [0.717, 1.165) is 17.7 Å². The van der Waals surface area contributed by atoms with Crippen molar-refractivity contribution in [2.45, 2.75) is 44.0 Å². The fourth-order valence-electron chi connectivity index (χ4n) is 4.33. The van der Waals surface area contributed by atoms with E-state index in [4.69, 9.17) is 0 Å². The van der Waals surface area contributed by atoms with Gasteiger partial charge in [0.05, 0.1) is 4.90 Å². The Hall–Kier alpha value is -1.98. The molecule has 9 nitrogen and oxygen atoms in total. The van der Waals surface area contributed by atoms with E-state index in [-0.39, 0.29) is 28.3 Å². The number of carbonyl (C=O) groups is 3. The molecule has 11 heteroatoms. The van der Waals surface area contributed by atoms with Crippen LogP contribution in [0.3, 0.4) is 0 Å². The molecule has 1 aliphatic carbocycles. The number of benzene rings is 1. The monoisotopic (exact) mass is 526 g/mol. The molecule has 0 radical (unpaired) electrons. The van der Waals surface area contributed by atoms with Crippen LogP contribution in [0.4, 0.5) is 10.5 Å². The minimum Gasteiger partial charge on any atom is -0.324 e. The standard InChI is InChI=1S/C21H27BrN4O5S/c1-12-9-25(10-13(12)2)32(30,31)17-8-15(6-7-16(17)22)23-18(27)11-26-19(28)21(3,14-4-5-14)24-20(26)29/h6-8,12-14H,4-5,9-11H2,1-3H3,(H,23,27)(H,24,29)/t12-,13-,21?/m1/s1. The van der Waals surface area contributed by atoms with Gasteiger partial charge in [-0.25, -0.2) is 13.2 Å². The molecule has 0 bridgehead atoms. The van der Waals surface area contributed by atoms with Gasteiger partial charge >= 0.3 is 6.03 Å². The number of rotatable bonds is 6. The Balaban J connectivity index is 1.48. The Morgan fingerprint density at radius 2 is 1.84 bits per heavy atom. The molecule has 1 unspecified atom stereocenters. The largest absolute Gasteiger partial charge is 0.325 e. The maximum absolute atomic E-state index is 13.2. The predicted octanol–water partition coefficient (Wildman–Crippen LogP) is 2.38. The molecule has 174 valence electrons. The number of nitrogens with one attached hydrogen (secondary N) is 2. The van der Waals surface area contributed by atoms with Crippen LogP contribution in [0.5, 0.6) is 0 Å². The van der Waals surface area contributed by atoms with Gasteiger partial charge in [0.15, 0.2) is 0 Å². The molecule has 0 aromatic heterocycles. The van der Waals surface area contributed by atoms with E-state index >= 15 is 0 Å². The third kappa shape index (κ3) is 4.06. The molecule has 2 heterocycles. The van der Waals surface area contributed by atoms with Crippen molar-refractivity contribution in [3.8, 4) is 0 Å². The first-order valence-corrected chi connectivity index (χ1v) is 12.9. The van der Waals surface area contributed by atoms with Gasteiger partial charge in [-0.1, -0.05) is 13.8 Å². The summed E-state index contributed by atoms with van der Waals surface area (Å²) in [5.74, 6) is -0.366. The van der Waals surface area contributed by atoms with Crippen LogP contribution in [0.25, 0.3) is 0 Å². The summed E-state index contributed by atoms with van der Waals surface area (Å²) in [6.45, 7) is 6.18. The molecule has 2 aliphatic heterocycles. The Labute approximate surface area is 196 Å². The maximum Gasteiger partial charge on any atom is 0.325 e. The second-order valence-corrected chi connectivity index (χ2v) is 12.0. The van der Waals surface area contributed by atoms with E-state index in [1.54, 1.807) is 19.1 Å². The molecule has 4 amide bonds. The van der Waals surface area contributed by atoms with Crippen molar-refractivity contribution in [2.75, 3.05) is 25.0 Å². The molecule has 3 atom stereocenters. The van der Waals surface area contributed by atoms with Crippen LogP contribution >= 0.6 is 15.9 Å². The molecule has 0 spiro atoms. The number of hydrogen-bond acceptors (Lipinski definition) is 5. The molecular weight excluding hydrogens is 500 g/mol. The van der Waals surface area contributed by atoms with Crippen LogP contribution in [0.2, 0.25) is 0 Å². The Morgan fingerprint density at radius 1 is 1.22 bits per heavy atom. The van der Waals surface area contributed by atoms with Crippen LogP contribution in [0, 0.1) is 17.8 Å². The first-order chi connectivity index (χ1) is 14.9. The molecule has 2 N–H and O–H groups in total. The highest BCUT2D eigenvalue weighted by Gasteiger charge is 2.56. The molecule has 1 saturated carbocycles. The number of halogens is 1. The minimum absolute atomic E-state index is 0.0629. The van der Waals surface area contributed by atoms with E-state index in [0.29, 0.717) is 17.6 Å². The van der Waals surface area contributed by atoms with E-state index in [2.05, 4.69) is 26.6 Å². The van der Waals surface area contributed by atoms with Gasteiger partial charge in [-0.3, -0.25) is 14.5 Å². The zero-order valence-electron chi connectivity index (χ0n) is 18.2. The third-order valence-corrected chi connectivity index (χ3v) is 9.61. The fraction of sp³-hybridized carbons (Fsp3) is 0.571. The van der Waals surface area contributed by atoms with Crippen molar-refractivity contribution in [3.05, 3.63) is 22.7 Å². The second-order valence-electron chi connectivity index (χ2n) is 9.27. The van der Waals surface area contributed by atoms with Crippen LogP contribution in [0.1, 0.15) is 33.6 Å². The fourth-order valence-corrected chi connectivity index (χ4v) is 6.92. The molecule has 1 aromatic carbocycles. The highest BCUT2D eigenvalue weighted by molar-refractivity contribution is 9.10. The highest BCUT2D eigenvalue weighted by Crippen LogP contribution is 2.42. The zero-order valence-corrected chi connectivity index (χ0v) is 20.6. The smallest absolute Gasteiger partial charge is 0.324 e. The number of carbonyl (C=O) groups excluding carboxylic acids is 3. The van der Waals surface area contributed by atoms with Gasteiger partial charge in [0.25, 0.3) is 5.91 Å². The molecule has 3 fully saturated rings. The van der Waals surface area contributed by atoms with Gasteiger partial charge < -0.3 is 10.6 Å². The van der Waals surface area contributed by atoms with Crippen molar-refractivity contribution in [1.29, 1.82) is 0 Å². The number of urea groups is 1. The predicted molar refractivity (Wildman–Crippen MR) is 121 cm³/mol. The van der Waals surface area contributed by atoms with E-state index < -0.39 is 40.0 Å². The van der Waals surface area contributed by atoms with Gasteiger partial charge in [0.2, 0.25) is 15.9 Å². The lowest BCUT2D eigenvalue weighted by molar-refractivity contribution is -0.134. The summed E-state index contributed by atoms with van der Waals surface area (Å²) in [7, 11) is -3.74. The molecule has 32 heavy (non-hydrogen) atoms. The lowest BCUT2D eigenvalue weighted by Crippen LogP contribution is -2.46. The average molecular weight is 527 g/mol. The van der Waals surface area contributed by atoms with Gasteiger partial charge in [0.1, 0.15) is 12.1 Å². The second kappa shape index (κ2) is 8.11. The Morgan fingerprint density at radius 3 is 2.44 bits per heavy atom. The third-order valence-electron chi connectivity index (χ3n) is 6.78. The summed E-state index contributed by atoms with van der Waals surface area (Å²) < 4.78 is 28.2. The quantitative estimate of drug-likeness (QED) is 0.552. The van der Waals surface area contributed by atoms with E-state index in [1.165, 1.54) is 10.4 Å². The normalized spacial score (nSPS) is 28.8. The topological polar surface area (TPSA) is 116 Å². The number of amides is 4. The number of sulfonamides is 1. The van der Waals surface area contributed by atoms with Crippen LogP contribution in [-0.2, 0) is 19.6 Å². The van der Waals surface area contributed by atoms with Crippen molar-refractivity contribution in [2.24, 2.45) is 17.8 Å². The number of imide groups is 1. The number of hydrogen-bond donors (Lipinski definition) is 2. The zero-order chi connectivity index (χ0) is 23.4. The lowest BCUT2D eigenvalue weighted by Gasteiger charge is -2.21. The summed E-state index contributed by atoms with van der Waals surface area (Å²) in [4.78, 5) is 38.5. The van der Waals surface area contributed by atoms with Gasteiger partial charge in [-0.15, -0.1) is 0 Å². The minimum atomic E-state index is -3.74. The molecule has 4 rings (SSSR count). The first kappa shape index (κ1) is 23.2. The Bertz CT molecular complexity index is 1080. The van der Waals surface area contributed by atoms with Crippen molar-refractivity contribution < 1.29 is 22.8 Å². The summed E-state index contributed by atoms with van der Waals surface area (Å²) in [5, 5.41) is 5.32. The molecule has 3 aliphatic rings. The summed E-state index contributed by atoms with van der Waals surface area (Å²) in [6, 6.07) is 3.93. The van der Waals surface area contributed by atoms with Crippen molar-refractivity contribution >= 4 is 49.5 Å². The molecule has 1 aromatic rings. The summed E-state index contributed by atoms with van der Waals surface area (Å²) in [6.07, 6.45) is 1.74. The SMILES string of the molecule is C[C@@H]1CN(S(=O)(=O)c2cc(NC(=O)CN3C(=O)NC(C)(C4CC4)C3=O)ccc2Br)C[C@H]1C. The number of nitrogens with zero attached hydrogens (tertiary/aromatic N) is 2. The van der Waals surface area contributed by atoms with E-state index in [9.17, 15) is 22.8 Å². The molecular formula is C21H27BrN4O5S. The molecule has 2 saturated heterocycles. The van der Waals surface area contributed by atoms with Crippen LogP contribution in [0.15, 0.2) is 27.6 Å².